The van der Waals surface area contributed by atoms with Crippen LogP contribution in [-0.2, 0) is 0 Å². The highest BCUT2D eigenvalue weighted by Gasteiger charge is 2.06. The van der Waals surface area contributed by atoms with Crippen LogP contribution in [0.25, 0.3) is 0 Å². The molecule has 0 aliphatic carbocycles. The van der Waals surface area contributed by atoms with Crippen LogP contribution in [0.4, 0.5) is 5.69 Å². The number of rotatable bonds is 5. The summed E-state index contributed by atoms with van der Waals surface area (Å²) in [6.45, 7) is 1.93. The van der Waals surface area contributed by atoms with Crippen molar-refractivity contribution in [1.29, 1.82) is 0 Å². The molecule has 104 valence electrons. The molecule has 0 saturated carbocycles. The Labute approximate surface area is 121 Å². The standard InChI is InChI=1S/C15H15NO3S/c1-2-15(17)11-3-7-13(8-4-11)20-14-9-5-12(6-10-14)16(18)19/h3-10,15,17H,2H2,1H3. The molecule has 20 heavy (non-hydrogen) atoms. The lowest BCUT2D eigenvalue weighted by molar-refractivity contribution is -0.384. The van der Waals surface area contributed by atoms with Gasteiger partial charge in [-0.15, -0.1) is 0 Å². The van der Waals surface area contributed by atoms with Gasteiger partial charge in [-0.25, -0.2) is 0 Å². The first-order valence-electron chi connectivity index (χ1n) is 6.30. The average Bonchev–Trinajstić information content (AvgIpc) is 2.48. The molecule has 0 radical (unpaired) electrons. The van der Waals surface area contributed by atoms with Gasteiger partial charge in [0.1, 0.15) is 0 Å². The summed E-state index contributed by atoms with van der Waals surface area (Å²) in [7, 11) is 0. The average molecular weight is 289 g/mol. The van der Waals surface area contributed by atoms with E-state index in [2.05, 4.69) is 0 Å². The van der Waals surface area contributed by atoms with E-state index in [1.807, 2.05) is 31.2 Å². The molecule has 0 fully saturated rings. The Kier molecular flexibility index (Phi) is 4.76. The summed E-state index contributed by atoms with van der Waals surface area (Å²) in [6, 6.07) is 14.2. The molecule has 1 N–H and O–H groups in total. The number of hydrogen-bond donors (Lipinski definition) is 1. The van der Waals surface area contributed by atoms with Crippen LogP contribution in [0.3, 0.4) is 0 Å². The monoisotopic (exact) mass is 289 g/mol. The van der Waals surface area contributed by atoms with Gasteiger partial charge in [0, 0.05) is 21.9 Å². The molecule has 0 aromatic heterocycles. The zero-order chi connectivity index (χ0) is 14.5. The summed E-state index contributed by atoms with van der Waals surface area (Å²) in [5, 5.41) is 20.3. The Morgan fingerprint density at radius 1 is 1.10 bits per heavy atom. The van der Waals surface area contributed by atoms with Crippen LogP contribution in [0.1, 0.15) is 25.0 Å². The molecule has 2 aromatic rings. The van der Waals surface area contributed by atoms with Crippen LogP contribution in [0.2, 0.25) is 0 Å². The summed E-state index contributed by atoms with van der Waals surface area (Å²) in [4.78, 5) is 12.1. The van der Waals surface area contributed by atoms with Crippen molar-refractivity contribution in [3.8, 4) is 0 Å². The Morgan fingerprint density at radius 2 is 1.60 bits per heavy atom. The Morgan fingerprint density at radius 3 is 2.05 bits per heavy atom. The number of nitro groups is 1. The van der Waals surface area contributed by atoms with Crippen molar-refractivity contribution >= 4 is 17.4 Å². The van der Waals surface area contributed by atoms with Gasteiger partial charge in [0.15, 0.2) is 0 Å². The predicted octanol–water partition coefficient (Wildman–Crippen LogP) is 4.19. The van der Waals surface area contributed by atoms with Crippen molar-refractivity contribution in [2.24, 2.45) is 0 Å². The third-order valence-corrected chi connectivity index (χ3v) is 3.95. The molecule has 5 heteroatoms. The molecule has 1 atom stereocenters. The minimum absolute atomic E-state index is 0.0933. The fraction of sp³-hybridized carbons (Fsp3) is 0.200. The maximum absolute atomic E-state index is 10.6. The molecule has 0 heterocycles. The highest BCUT2D eigenvalue weighted by molar-refractivity contribution is 7.99. The summed E-state index contributed by atoms with van der Waals surface area (Å²) in [5.41, 5.74) is 0.997. The smallest absolute Gasteiger partial charge is 0.269 e. The van der Waals surface area contributed by atoms with Crippen LogP contribution >= 0.6 is 11.8 Å². The van der Waals surface area contributed by atoms with Gasteiger partial charge < -0.3 is 5.11 Å². The molecule has 2 rings (SSSR count). The van der Waals surface area contributed by atoms with E-state index in [-0.39, 0.29) is 5.69 Å². The zero-order valence-electron chi connectivity index (χ0n) is 11.0. The van der Waals surface area contributed by atoms with Gasteiger partial charge in [0.2, 0.25) is 0 Å². The van der Waals surface area contributed by atoms with E-state index in [0.717, 1.165) is 15.4 Å². The first-order valence-corrected chi connectivity index (χ1v) is 7.12. The van der Waals surface area contributed by atoms with Gasteiger partial charge in [-0.05, 0) is 36.2 Å². The quantitative estimate of drug-likeness (QED) is 0.662. The van der Waals surface area contributed by atoms with Gasteiger partial charge in [0.25, 0.3) is 5.69 Å². The minimum Gasteiger partial charge on any atom is -0.388 e. The zero-order valence-corrected chi connectivity index (χ0v) is 11.8. The second-order valence-corrected chi connectivity index (χ2v) is 5.49. The maximum Gasteiger partial charge on any atom is 0.269 e. The first-order chi connectivity index (χ1) is 9.60. The molecule has 0 spiro atoms. The molecule has 0 saturated heterocycles. The highest BCUT2D eigenvalue weighted by Crippen LogP contribution is 2.30. The number of aliphatic hydroxyl groups excluding tert-OH is 1. The minimum atomic E-state index is -0.423. The Bertz CT molecular complexity index is 581. The van der Waals surface area contributed by atoms with Crippen molar-refractivity contribution in [2.75, 3.05) is 0 Å². The normalized spacial score (nSPS) is 12.1. The molecule has 0 aliphatic heterocycles. The van der Waals surface area contributed by atoms with Gasteiger partial charge >= 0.3 is 0 Å². The fourth-order valence-corrected chi connectivity index (χ4v) is 2.58. The lowest BCUT2D eigenvalue weighted by Gasteiger charge is -2.08. The molecular formula is C15H15NO3S. The molecule has 0 amide bonds. The summed E-state index contributed by atoms with van der Waals surface area (Å²) in [5.74, 6) is 0. The summed E-state index contributed by atoms with van der Waals surface area (Å²) < 4.78 is 0. The third-order valence-electron chi connectivity index (χ3n) is 2.93. The molecule has 0 bridgehead atoms. The van der Waals surface area contributed by atoms with Crippen molar-refractivity contribution in [3.05, 3.63) is 64.2 Å². The predicted molar refractivity (Wildman–Crippen MR) is 78.9 cm³/mol. The van der Waals surface area contributed by atoms with Crippen LogP contribution < -0.4 is 0 Å². The van der Waals surface area contributed by atoms with E-state index in [4.69, 9.17) is 0 Å². The molecular weight excluding hydrogens is 274 g/mol. The van der Waals surface area contributed by atoms with Crippen LogP contribution in [0.15, 0.2) is 58.3 Å². The van der Waals surface area contributed by atoms with Crippen molar-refractivity contribution in [2.45, 2.75) is 29.2 Å². The number of nitrogens with zero attached hydrogens (tertiary/aromatic N) is 1. The lowest BCUT2D eigenvalue weighted by Crippen LogP contribution is -1.94. The summed E-state index contributed by atoms with van der Waals surface area (Å²) >= 11 is 1.53. The maximum atomic E-state index is 10.6. The first kappa shape index (κ1) is 14.6. The number of aliphatic hydroxyl groups is 1. The van der Waals surface area contributed by atoms with E-state index in [0.29, 0.717) is 6.42 Å². The Balaban J connectivity index is 2.08. The fourth-order valence-electron chi connectivity index (χ4n) is 1.77. The lowest BCUT2D eigenvalue weighted by atomic mass is 10.1. The van der Waals surface area contributed by atoms with E-state index in [1.54, 1.807) is 12.1 Å². The van der Waals surface area contributed by atoms with E-state index < -0.39 is 11.0 Å². The molecule has 4 nitrogen and oxygen atoms in total. The highest BCUT2D eigenvalue weighted by atomic mass is 32.2. The summed E-state index contributed by atoms with van der Waals surface area (Å²) in [6.07, 6.45) is 0.267. The van der Waals surface area contributed by atoms with E-state index in [9.17, 15) is 15.2 Å². The Hall–Kier alpha value is -1.85. The van der Waals surface area contributed by atoms with Crippen molar-refractivity contribution < 1.29 is 10.0 Å². The largest absolute Gasteiger partial charge is 0.388 e. The molecule has 0 aliphatic rings. The van der Waals surface area contributed by atoms with Gasteiger partial charge in [0.05, 0.1) is 11.0 Å². The topological polar surface area (TPSA) is 63.4 Å². The second-order valence-electron chi connectivity index (χ2n) is 4.35. The SMILES string of the molecule is CCC(O)c1ccc(Sc2ccc([N+](=O)[O-])cc2)cc1. The molecule has 2 aromatic carbocycles. The van der Waals surface area contributed by atoms with Crippen LogP contribution in [-0.4, -0.2) is 10.0 Å². The number of nitro benzene ring substituents is 1. The third kappa shape index (κ3) is 3.59. The van der Waals surface area contributed by atoms with Gasteiger partial charge in [-0.2, -0.15) is 0 Å². The van der Waals surface area contributed by atoms with Crippen molar-refractivity contribution in [1.82, 2.24) is 0 Å². The van der Waals surface area contributed by atoms with Crippen LogP contribution in [0, 0.1) is 10.1 Å². The van der Waals surface area contributed by atoms with Gasteiger partial charge in [-0.1, -0.05) is 30.8 Å². The van der Waals surface area contributed by atoms with Crippen LogP contribution in [0.5, 0.6) is 0 Å². The number of benzene rings is 2. The van der Waals surface area contributed by atoms with E-state index in [1.165, 1.54) is 23.9 Å². The van der Waals surface area contributed by atoms with Crippen molar-refractivity contribution in [3.63, 3.8) is 0 Å². The number of non-ortho nitro benzene ring substituents is 1. The van der Waals surface area contributed by atoms with Gasteiger partial charge in [-0.3, -0.25) is 10.1 Å². The number of hydrogen-bond acceptors (Lipinski definition) is 4. The second kappa shape index (κ2) is 6.54. The molecule has 1 unspecified atom stereocenters. The van der Waals surface area contributed by atoms with E-state index >= 15 is 0 Å².